The first-order chi connectivity index (χ1) is 10.6. The lowest BCUT2D eigenvalue weighted by atomic mass is 10.2. The van der Waals surface area contributed by atoms with Crippen molar-refractivity contribution < 1.29 is 9.53 Å². The highest BCUT2D eigenvalue weighted by atomic mass is 79.9. The van der Waals surface area contributed by atoms with Gasteiger partial charge in [0.05, 0.1) is 5.02 Å². The van der Waals surface area contributed by atoms with Crippen LogP contribution in [0.25, 0.3) is 0 Å². The van der Waals surface area contributed by atoms with Gasteiger partial charge in [0, 0.05) is 16.2 Å². The number of rotatable bonds is 5. The molecule has 0 radical (unpaired) electrons. The normalized spacial score (nSPS) is 10.7. The minimum Gasteiger partial charge on any atom is -0.488 e. The zero-order valence-electron chi connectivity index (χ0n) is 12.0. The molecule has 1 N–H and O–H groups in total. The van der Waals surface area contributed by atoms with Crippen LogP contribution in [-0.2, 0) is 4.79 Å². The Kier molecular flexibility index (Phi) is 6.04. The van der Waals surface area contributed by atoms with Crippen molar-refractivity contribution in [3.05, 3.63) is 69.7 Å². The minimum absolute atomic E-state index is 0.201. The maximum absolute atomic E-state index is 11.7. The molecule has 0 aliphatic rings. The molecule has 0 unspecified atom stereocenters. The van der Waals surface area contributed by atoms with Gasteiger partial charge in [-0.05, 0) is 42.8 Å². The Labute approximate surface area is 143 Å². The Morgan fingerprint density at radius 1 is 1.32 bits per heavy atom. The third kappa shape index (κ3) is 4.90. The van der Waals surface area contributed by atoms with E-state index in [9.17, 15) is 4.79 Å². The number of halogens is 2. The molecule has 5 heteroatoms. The Morgan fingerprint density at radius 3 is 2.77 bits per heavy atom. The van der Waals surface area contributed by atoms with Crippen LogP contribution in [0.4, 0.5) is 5.69 Å². The second-order valence-electron chi connectivity index (χ2n) is 4.60. The molecule has 0 heterocycles. The van der Waals surface area contributed by atoms with Crippen molar-refractivity contribution in [1.29, 1.82) is 0 Å². The van der Waals surface area contributed by atoms with Crippen molar-refractivity contribution in [2.24, 2.45) is 0 Å². The van der Waals surface area contributed by atoms with Gasteiger partial charge in [-0.2, -0.15) is 0 Å². The fourth-order valence-corrected chi connectivity index (χ4v) is 2.43. The van der Waals surface area contributed by atoms with Gasteiger partial charge in [-0.3, -0.25) is 4.79 Å². The number of ether oxygens (including phenoxy) is 1. The molecule has 2 aromatic carbocycles. The first-order valence-electron chi connectivity index (χ1n) is 6.67. The first kappa shape index (κ1) is 16.6. The highest BCUT2D eigenvalue weighted by Gasteiger charge is 2.04. The van der Waals surface area contributed by atoms with E-state index < -0.39 is 0 Å². The third-order valence-corrected chi connectivity index (χ3v) is 4.01. The van der Waals surface area contributed by atoms with E-state index >= 15 is 0 Å². The van der Waals surface area contributed by atoms with E-state index in [0.29, 0.717) is 10.8 Å². The Morgan fingerprint density at radius 2 is 2.05 bits per heavy atom. The topological polar surface area (TPSA) is 38.3 Å². The van der Waals surface area contributed by atoms with Crippen molar-refractivity contribution in [2.75, 3.05) is 11.9 Å². The number of carbonyl (C=O) groups is 1. The molecule has 1 amide bonds. The molecule has 0 aliphatic heterocycles. The number of hydrogen-bond acceptors (Lipinski definition) is 2. The van der Waals surface area contributed by atoms with Crippen LogP contribution >= 0.6 is 27.5 Å². The van der Waals surface area contributed by atoms with E-state index in [2.05, 4.69) is 21.2 Å². The summed E-state index contributed by atoms with van der Waals surface area (Å²) in [6.07, 6.45) is 3.08. The monoisotopic (exact) mass is 379 g/mol. The molecule has 114 valence electrons. The van der Waals surface area contributed by atoms with Gasteiger partial charge in [0.2, 0.25) is 5.91 Å². The molecular formula is C17H15BrClNO2. The summed E-state index contributed by atoms with van der Waals surface area (Å²) >= 11 is 9.50. The second-order valence-corrected chi connectivity index (χ2v) is 5.86. The molecular weight excluding hydrogens is 366 g/mol. The summed E-state index contributed by atoms with van der Waals surface area (Å²) in [5.74, 6) is 0.392. The van der Waals surface area contributed by atoms with Crippen molar-refractivity contribution in [1.82, 2.24) is 0 Å². The number of hydrogen-bond donors (Lipinski definition) is 1. The largest absolute Gasteiger partial charge is 0.488 e. The van der Waals surface area contributed by atoms with Crippen molar-refractivity contribution >= 4 is 39.1 Å². The molecule has 0 aromatic heterocycles. The number of amides is 1. The fraction of sp³-hybridized carbons (Fsp3) is 0.118. The summed E-state index contributed by atoms with van der Waals surface area (Å²) in [5.41, 5.74) is 1.79. The Hall–Kier alpha value is -1.78. The van der Waals surface area contributed by atoms with Gasteiger partial charge in [0.1, 0.15) is 12.4 Å². The van der Waals surface area contributed by atoms with Gasteiger partial charge in [-0.15, -0.1) is 0 Å². The number of aryl methyl sites for hydroxylation is 1. The summed E-state index contributed by atoms with van der Waals surface area (Å²) in [7, 11) is 0. The van der Waals surface area contributed by atoms with Crippen LogP contribution in [0.2, 0.25) is 5.02 Å². The molecule has 2 rings (SSSR count). The summed E-state index contributed by atoms with van der Waals surface area (Å²) < 4.78 is 6.49. The average molecular weight is 381 g/mol. The number of anilines is 1. The molecule has 0 atom stereocenters. The van der Waals surface area contributed by atoms with Gasteiger partial charge in [0.15, 0.2) is 0 Å². The first-order valence-corrected chi connectivity index (χ1v) is 7.84. The Bertz CT molecular complexity index is 687. The van der Waals surface area contributed by atoms with E-state index in [4.69, 9.17) is 16.3 Å². The lowest BCUT2D eigenvalue weighted by Crippen LogP contribution is -2.08. The minimum atomic E-state index is -0.201. The zero-order chi connectivity index (χ0) is 15.9. The maximum atomic E-state index is 11.7. The number of carbonyl (C=O) groups excluding carboxylic acids is 1. The third-order valence-electron chi connectivity index (χ3n) is 2.86. The molecule has 0 aliphatic carbocycles. The van der Waals surface area contributed by atoms with Crippen LogP contribution in [0.15, 0.2) is 59.1 Å². The maximum Gasteiger partial charge on any atom is 0.248 e. The van der Waals surface area contributed by atoms with Gasteiger partial charge >= 0.3 is 0 Å². The van der Waals surface area contributed by atoms with E-state index in [1.807, 2.05) is 43.3 Å². The molecule has 0 saturated heterocycles. The molecule has 0 spiro atoms. The predicted molar refractivity (Wildman–Crippen MR) is 93.6 cm³/mol. The van der Waals surface area contributed by atoms with Crippen molar-refractivity contribution in [3.63, 3.8) is 0 Å². The molecule has 22 heavy (non-hydrogen) atoms. The molecule has 0 bridgehead atoms. The standard InChI is InChI=1S/C17H15BrClNO2/c1-12-10-16(15(19)11-14(12)18)22-9-5-8-17(21)20-13-6-3-2-4-7-13/h2-8,10-11H,9H2,1H3,(H,20,21). The summed E-state index contributed by atoms with van der Waals surface area (Å²) in [6, 6.07) is 12.9. The van der Waals surface area contributed by atoms with E-state index in [1.165, 1.54) is 6.08 Å². The molecule has 0 saturated carbocycles. The van der Waals surface area contributed by atoms with Gasteiger partial charge in [0.25, 0.3) is 0 Å². The van der Waals surface area contributed by atoms with E-state index in [-0.39, 0.29) is 12.5 Å². The van der Waals surface area contributed by atoms with E-state index in [0.717, 1.165) is 15.7 Å². The van der Waals surface area contributed by atoms with E-state index in [1.54, 1.807) is 12.1 Å². The van der Waals surface area contributed by atoms with Crippen LogP contribution in [0.3, 0.4) is 0 Å². The number of benzene rings is 2. The molecule has 3 nitrogen and oxygen atoms in total. The lowest BCUT2D eigenvalue weighted by molar-refractivity contribution is -0.111. The highest BCUT2D eigenvalue weighted by molar-refractivity contribution is 9.10. The quantitative estimate of drug-likeness (QED) is 0.743. The summed E-state index contributed by atoms with van der Waals surface area (Å²) in [4.78, 5) is 11.7. The number of nitrogens with one attached hydrogen (secondary N) is 1. The predicted octanol–water partition coefficient (Wildman–Crippen LogP) is 4.98. The number of para-hydroxylation sites is 1. The van der Waals surface area contributed by atoms with Gasteiger partial charge in [-0.25, -0.2) is 0 Å². The van der Waals surface area contributed by atoms with Crippen LogP contribution in [0.1, 0.15) is 5.56 Å². The Balaban J connectivity index is 1.85. The van der Waals surface area contributed by atoms with Crippen molar-refractivity contribution in [3.8, 4) is 5.75 Å². The zero-order valence-corrected chi connectivity index (χ0v) is 14.3. The van der Waals surface area contributed by atoms with Crippen LogP contribution < -0.4 is 10.1 Å². The fourth-order valence-electron chi connectivity index (χ4n) is 1.74. The van der Waals surface area contributed by atoms with Gasteiger partial charge in [-0.1, -0.05) is 45.7 Å². The summed E-state index contributed by atoms with van der Waals surface area (Å²) in [5, 5.41) is 3.28. The van der Waals surface area contributed by atoms with Crippen LogP contribution in [-0.4, -0.2) is 12.5 Å². The lowest BCUT2D eigenvalue weighted by Gasteiger charge is -2.08. The molecule has 0 fully saturated rings. The smallest absolute Gasteiger partial charge is 0.248 e. The van der Waals surface area contributed by atoms with Crippen LogP contribution in [0, 0.1) is 6.92 Å². The molecule has 2 aromatic rings. The second kappa shape index (κ2) is 8.01. The van der Waals surface area contributed by atoms with Crippen molar-refractivity contribution in [2.45, 2.75) is 6.92 Å². The summed E-state index contributed by atoms with van der Waals surface area (Å²) in [6.45, 7) is 2.22. The van der Waals surface area contributed by atoms with Crippen LogP contribution in [0.5, 0.6) is 5.75 Å². The average Bonchev–Trinajstić information content (AvgIpc) is 2.49. The van der Waals surface area contributed by atoms with Gasteiger partial charge < -0.3 is 10.1 Å². The SMILES string of the molecule is Cc1cc(OCC=CC(=O)Nc2ccccc2)c(Cl)cc1Br. The highest BCUT2D eigenvalue weighted by Crippen LogP contribution is 2.30.